The summed E-state index contributed by atoms with van der Waals surface area (Å²) in [6, 6.07) is 10.4. The minimum Gasteiger partial charge on any atom is -0.195 e. The van der Waals surface area contributed by atoms with Crippen molar-refractivity contribution in [3.8, 4) is 10.4 Å². The first-order valence-corrected chi connectivity index (χ1v) is 6.99. The maximum atomic E-state index is 4.31. The van der Waals surface area contributed by atoms with E-state index in [4.69, 9.17) is 0 Å². The van der Waals surface area contributed by atoms with Crippen LogP contribution in [-0.4, -0.2) is 6.26 Å². The Labute approximate surface area is 95.3 Å². The molecule has 0 amide bonds. The fourth-order valence-electron chi connectivity index (χ4n) is 1.09. The van der Waals surface area contributed by atoms with Crippen LogP contribution in [0.15, 0.2) is 40.1 Å². The van der Waals surface area contributed by atoms with Crippen molar-refractivity contribution in [2.24, 2.45) is 4.40 Å². The van der Waals surface area contributed by atoms with Gasteiger partial charge in [0.25, 0.3) is 0 Å². The van der Waals surface area contributed by atoms with E-state index in [0.717, 1.165) is 3.98 Å². The Bertz CT molecular complexity index is 455. The SMILES string of the molecule is CS/N=c1/scc(-c2ccccc2)s1. The van der Waals surface area contributed by atoms with Crippen molar-refractivity contribution in [2.45, 2.75) is 0 Å². The summed E-state index contributed by atoms with van der Waals surface area (Å²) in [5, 5.41) is 2.16. The van der Waals surface area contributed by atoms with Gasteiger partial charge in [-0.05, 0) is 17.5 Å². The largest absolute Gasteiger partial charge is 0.195 e. The summed E-state index contributed by atoms with van der Waals surface area (Å²) in [7, 11) is 0. The summed E-state index contributed by atoms with van der Waals surface area (Å²) < 4.78 is 5.43. The Morgan fingerprint density at radius 2 is 2.00 bits per heavy atom. The maximum Gasteiger partial charge on any atom is 0.178 e. The molecule has 1 aromatic heterocycles. The molecular formula is C10H9NS3. The molecular weight excluding hydrogens is 230 g/mol. The van der Waals surface area contributed by atoms with Gasteiger partial charge in [-0.1, -0.05) is 30.3 Å². The molecule has 0 spiro atoms. The molecule has 0 aliphatic carbocycles. The van der Waals surface area contributed by atoms with Gasteiger partial charge in [-0.25, -0.2) is 0 Å². The minimum atomic E-state index is 1.12. The third kappa shape index (κ3) is 2.26. The fourth-order valence-corrected chi connectivity index (χ4v) is 3.74. The van der Waals surface area contributed by atoms with E-state index < -0.39 is 0 Å². The zero-order valence-electron chi connectivity index (χ0n) is 7.64. The first kappa shape index (κ1) is 9.96. The van der Waals surface area contributed by atoms with Crippen LogP contribution in [-0.2, 0) is 0 Å². The summed E-state index contributed by atoms with van der Waals surface area (Å²) in [6.07, 6.45) is 1.98. The van der Waals surface area contributed by atoms with E-state index in [1.807, 2.05) is 12.3 Å². The standard InChI is InChI=1S/C10H9NS3/c1-12-11-10-13-7-9(14-10)8-5-3-2-4-6-8/h2-7H,1H3/b11-10-. The van der Waals surface area contributed by atoms with E-state index in [-0.39, 0.29) is 0 Å². The summed E-state index contributed by atoms with van der Waals surface area (Å²) in [5.41, 5.74) is 1.27. The lowest BCUT2D eigenvalue weighted by molar-refractivity contribution is 1.71. The molecule has 14 heavy (non-hydrogen) atoms. The van der Waals surface area contributed by atoms with Crippen molar-refractivity contribution >= 4 is 34.6 Å². The van der Waals surface area contributed by atoms with Crippen LogP contribution in [0.5, 0.6) is 0 Å². The van der Waals surface area contributed by atoms with Gasteiger partial charge in [-0.15, -0.1) is 22.7 Å². The molecule has 2 aromatic rings. The van der Waals surface area contributed by atoms with Crippen LogP contribution in [0.4, 0.5) is 0 Å². The van der Waals surface area contributed by atoms with Crippen molar-refractivity contribution in [1.82, 2.24) is 0 Å². The zero-order chi connectivity index (χ0) is 9.80. The molecule has 0 bridgehead atoms. The lowest BCUT2D eigenvalue weighted by Gasteiger charge is -1.92. The predicted octanol–water partition coefficient (Wildman–Crippen LogP) is 3.66. The van der Waals surface area contributed by atoms with Crippen LogP contribution in [0.25, 0.3) is 10.4 Å². The second-order valence-electron chi connectivity index (χ2n) is 2.61. The molecule has 0 radical (unpaired) electrons. The first-order chi connectivity index (χ1) is 6.90. The van der Waals surface area contributed by atoms with Crippen molar-refractivity contribution in [3.63, 3.8) is 0 Å². The van der Waals surface area contributed by atoms with Gasteiger partial charge in [0.1, 0.15) is 0 Å². The third-order valence-corrected chi connectivity index (χ3v) is 4.46. The summed E-state index contributed by atoms with van der Waals surface area (Å²) >= 11 is 4.95. The Morgan fingerprint density at radius 1 is 1.21 bits per heavy atom. The highest BCUT2D eigenvalue weighted by atomic mass is 32.2. The number of hydrogen-bond acceptors (Lipinski definition) is 4. The van der Waals surface area contributed by atoms with Crippen molar-refractivity contribution in [3.05, 3.63) is 39.7 Å². The Hall–Kier alpha value is -0.580. The zero-order valence-corrected chi connectivity index (χ0v) is 10.1. The number of benzene rings is 1. The van der Waals surface area contributed by atoms with E-state index in [1.54, 1.807) is 22.7 Å². The topological polar surface area (TPSA) is 12.4 Å². The van der Waals surface area contributed by atoms with Gasteiger partial charge < -0.3 is 0 Å². The molecule has 0 fully saturated rings. The maximum absolute atomic E-state index is 4.31. The van der Waals surface area contributed by atoms with E-state index in [9.17, 15) is 0 Å². The highest BCUT2D eigenvalue weighted by Gasteiger charge is 1.98. The molecule has 0 saturated heterocycles. The quantitative estimate of drug-likeness (QED) is 0.729. The van der Waals surface area contributed by atoms with Gasteiger partial charge in [0.15, 0.2) is 3.98 Å². The smallest absolute Gasteiger partial charge is 0.178 e. The highest BCUT2D eigenvalue weighted by Crippen LogP contribution is 2.23. The molecule has 72 valence electrons. The second kappa shape index (κ2) is 4.77. The molecule has 0 atom stereocenters. The molecule has 0 unspecified atom stereocenters. The van der Waals surface area contributed by atoms with Crippen LogP contribution in [0.2, 0.25) is 0 Å². The van der Waals surface area contributed by atoms with Gasteiger partial charge in [0, 0.05) is 16.5 Å². The number of nitrogens with zero attached hydrogens (tertiary/aromatic N) is 1. The van der Waals surface area contributed by atoms with E-state index in [2.05, 4.69) is 34.0 Å². The van der Waals surface area contributed by atoms with E-state index in [0.29, 0.717) is 0 Å². The molecule has 1 aromatic carbocycles. The van der Waals surface area contributed by atoms with Gasteiger partial charge >= 0.3 is 0 Å². The average Bonchev–Trinajstić information content (AvgIpc) is 2.68. The van der Waals surface area contributed by atoms with Gasteiger partial charge in [0.2, 0.25) is 0 Å². The highest BCUT2D eigenvalue weighted by molar-refractivity contribution is 7.97. The van der Waals surface area contributed by atoms with Gasteiger partial charge in [-0.3, -0.25) is 0 Å². The van der Waals surface area contributed by atoms with Crippen molar-refractivity contribution in [2.75, 3.05) is 6.26 Å². The summed E-state index contributed by atoms with van der Waals surface area (Å²) in [5.74, 6) is 0. The first-order valence-electron chi connectivity index (χ1n) is 4.11. The molecule has 4 heteroatoms. The molecule has 0 saturated carbocycles. The fraction of sp³-hybridized carbons (Fsp3) is 0.100. The molecule has 1 heterocycles. The van der Waals surface area contributed by atoms with Crippen molar-refractivity contribution < 1.29 is 0 Å². The average molecular weight is 239 g/mol. The van der Waals surface area contributed by atoms with Gasteiger partial charge in [0.05, 0.1) is 0 Å². The Kier molecular flexibility index (Phi) is 3.39. The van der Waals surface area contributed by atoms with Crippen LogP contribution >= 0.6 is 34.6 Å². The summed E-state index contributed by atoms with van der Waals surface area (Å²) in [6.45, 7) is 0. The normalized spacial score (nSPS) is 11.9. The second-order valence-corrected chi connectivity index (χ2v) is 5.30. The lowest BCUT2D eigenvalue weighted by Crippen LogP contribution is -1.80. The van der Waals surface area contributed by atoms with Crippen LogP contribution < -0.4 is 3.98 Å². The van der Waals surface area contributed by atoms with Crippen molar-refractivity contribution in [1.29, 1.82) is 0 Å². The van der Waals surface area contributed by atoms with E-state index >= 15 is 0 Å². The molecule has 0 aliphatic heterocycles. The molecule has 1 nitrogen and oxygen atoms in total. The molecule has 2 rings (SSSR count). The Balaban J connectivity index is 2.39. The lowest BCUT2D eigenvalue weighted by atomic mass is 10.2. The van der Waals surface area contributed by atoms with Crippen LogP contribution in [0.3, 0.4) is 0 Å². The van der Waals surface area contributed by atoms with Gasteiger partial charge in [-0.2, -0.15) is 4.40 Å². The van der Waals surface area contributed by atoms with Crippen LogP contribution in [0, 0.1) is 0 Å². The minimum absolute atomic E-state index is 1.12. The molecule has 0 N–H and O–H groups in total. The number of rotatable bonds is 2. The summed E-state index contributed by atoms with van der Waals surface area (Å²) in [4.78, 5) is 1.29. The Morgan fingerprint density at radius 3 is 2.71 bits per heavy atom. The third-order valence-electron chi connectivity index (χ3n) is 1.69. The number of hydrogen-bond donors (Lipinski definition) is 0. The predicted molar refractivity (Wildman–Crippen MR) is 66.7 cm³/mol. The van der Waals surface area contributed by atoms with E-state index in [1.165, 1.54) is 22.4 Å². The molecule has 0 aliphatic rings. The van der Waals surface area contributed by atoms with Crippen LogP contribution in [0.1, 0.15) is 0 Å². The monoisotopic (exact) mass is 239 g/mol.